The second-order valence-corrected chi connectivity index (χ2v) is 2.40. The highest BCUT2D eigenvalue weighted by atomic mass is 16.6. The molecular weight excluding hydrogens is 180 g/mol. The Labute approximate surface area is 72.1 Å². The van der Waals surface area contributed by atoms with Gasteiger partial charge in [0.15, 0.2) is 5.69 Å². The molecule has 8 nitrogen and oxygen atoms in total. The molecule has 0 N–H and O–H groups in total. The molecule has 0 aliphatic heterocycles. The Kier molecular flexibility index (Phi) is 1.97. The average Bonchev–Trinajstić information content (AvgIpc) is 2.24. The lowest BCUT2D eigenvalue weighted by molar-refractivity contribution is -0.426. The van der Waals surface area contributed by atoms with Crippen molar-refractivity contribution in [1.82, 2.24) is 9.78 Å². The zero-order valence-electron chi connectivity index (χ0n) is 6.92. The fourth-order valence-corrected chi connectivity index (χ4v) is 1.05. The van der Waals surface area contributed by atoms with Gasteiger partial charge in [0.2, 0.25) is 0 Å². The molecule has 13 heavy (non-hydrogen) atoms. The number of nitrogens with zero attached hydrogens (tertiary/aromatic N) is 4. The van der Waals surface area contributed by atoms with Crippen molar-refractivity contribution in [3.8, 4) is 0 Å². The second kappa shape index (κ2) is 2.81. The van der Waals surface area contributed by atoms with Crippen LogP contribution in [0.2, 0.25) is 0 Å². The topological polar surface area (TPSA) is 104 Å². The fourth-order valence-electron chi connectivity index (χ4n) is 1.05. The summed E-state index contributed by atoms with van der Waals surface area (Å²) in [5, 5.41) is 24.4. The third-order valence-electron chi connectivity index (χ3n) is 1.52. The van der Waals surface area contributed by atoms with Crippen LogP contribution in [0.15, 0.2) is 0 Å². The van der Waals surface area contributed by atoms with Gasteiger partial charge in [-0.05, 0) is 11.8 Å². The van der Waals surface area contributed by atoms with Crippen molar-refractivity contribution in [3.63, 3.8) is 0 Å². The van der Waals surface area contributed by atoms with Gasteiger partial charge in [0.25, 0.3) is 0 Å². The summed E-state index contributed by atoms with van der Waals surface area (Å²) >= 11 is 0. The molecule has 0 bridgehead atoms. The van der Waals surface area contributed by atoms with Crippen LogP contribution in [0.4, 0.5) is 11.5 Å². The Balaban J connectivity index is 3.47. The van der Waals surface area contributed by atoms with Crippen LogP contribution in [0.1, 0.15) is 5.69 Å². The predicted octanol–water partition coefficient (Wildman–Crippen LogP) is 0.545. The molecule has 0 unspecified atom stereocenters. The molecular formula is C5H6N4O4. The van der Waals surface area contributed by atoms with Crippen LogP contribution in [0.5, 0.6) is 0 Å². The number of hydrogen-bond acceptors (Lipinski definition) is 5. The van der Waals surface area contributed by atoms with Gasteiger partial charge in [0.1, 0.15) is 7.05 Å². The first kappa shape index (κ1) is 9.10. The molecule has 0 saturated heterocycles. The van der Waals surface area contributed by atoms with E-state index in [-0.39, 0.29) is 5.69 Å². The highest BCUT2D eigenvalue weighted by Gasteiger charge is 2.33. The van der Waals surface area contributed by atoms with E-state index >= 15 is 0 Å². The molecule has 0 spiro atoms. The minimum Gasteiger partial charge on any atom is -0.358 e. The van der Waals surface area contributed by atoms with E-state index < -0.39 is 21.4 Å². The lowest BCUT2D eigenvalue weighted by Gasteiger charge is -1.91. The van der Waals surface area contributed by atoms with Crippen molar-refractivity contribution >= 4 is 11.5 Å². The van der Waals surface area contributed by atoms with E-state index in [1.807, 2.05) is 0 Å². The molecule has 1 heterocycles. The van der Waals surface area contributed by atoms with E-state index in [0.29, 0.717) is 0 Å². The molecule has 0 fully saturated rings. The maximum Gasteiger partial charge on any atom is 0.423 e. The highest BCUT2D eigenvalue weighted by Crippen LogP contribution is 2.28. The highest BCUT2D eigenvalue weighted by molar-refractivity contribution is 5.50. The van der Waals surface area contributed by atoms with Crippen LogP contribution >= 0.6 is 0 Å². The number of aromatic nitrogens is 2. The maximum absolute atomic E-state index is 10.4. The third-order valence-corrected chi connectivity index (χ3v) is 1.52. The number of rotatable bonds is 2. The summed E-state index contributed by atoms with van der Waals surface area (Å²) in [5.41, 5.74) is -0.508. The van der Waals surface area contributed by atoms with Crippen molar-refractivity contribution in [3.05, 3.63) is 25.9 Å². The maximum atomic E-state index is 10.4. The molecule has 0 aliphatic rings. The van der Waals surface area contributed by atoms with Gasteiger partial charge in [0, 0.05) is 0 Å². The molecule has 8 heteroatoms. The van der Waals surface area contributed by atoms with Gasteiger partial charge >= 0.3 is 11.5 Å². The van der Waals surface area contributed by atoms with E-state index in [0.717, 1.165) is 4.68 Å². The Morgan fingerprint density at radius 2 is 1.85 bits per heavy atom. The lowest BCUT2D eigenvalue weighted by Crippen LogP contribution is -2.00. The van der Waals surface area contributed by atoms with Crippen molar-refractivity contribution in [2.24, 2.45) is 7.05 Å². The zero-order valence-corrected chi connectivity index (χ0v) is 6.92. The second-order valence-electron chi connectivity index (χ2n) is 2.40. The summed E-state index contributed by atoms with van der Waals surface area (Å²) in [6, 6.07) is 0. The van der Waals surface area contributed by atoms with Crippen molar-refractivity contribution in [2.75, 3.05) is 0 Å². The van der Waals surface area contributed by atoms with Gasteiger partial charge in [0.05, 0.1) is 4.92 Å². The van der Waals surface area contributed by atoms with E-state index in [1.165, 1.54) is 14.0 Å². The van der Waals surface area contributed by atoms with Crippen LogP contribution in [0.25, 0.3) is 0 Å². The Morgan fingerprint density at radius 1 is 1.31 bits per heavy atom. The molecule has 0 atom stereocenters. The number of hydrogen-bond donors (Lipinski definition) is 0. The molecule has 1 rings (SSSR count). The Morgan fingerprint density at radius 3 is 2.15 bits per heavy atom. The lowest BCUT2D eigenvalue weighted by atomic mass is 10.4. The van der Waals surface area contributed by atoms with Crippen LogP contribution in [0.3, 0.4) is 0 Å². The monoisotopic (exact) mass is 186 g/mol. The summed E-state index contributed by atoms with van der Waals surface area (Å²) in [5.74, 6) is -0.595. The van der Waals surface area contributed by atoms with Crippen molar-refractivity contribution in [2.45, 2.75) is 6.92 Å². The van der Waals surface area contributed by atoms with Gasteiger partial charge in [-0.25, -0.2) is 0 Å². The summed E-state index contributed by atoms with van der Waals surface area (Å²) in [4.78, 5) is 19.2. The van der Waals surface area contributed by atoms with Crippen LogP contribution in [-0.2, 0) is 7.05 Å². The van der Waals surface area contributed by atoms with E-state index in [2.05, 4.69) is 5.10 Å². The summed E-state index contributed by atoms with van der Waals surface area (Å²) in [7, 11) is 1.29. The van der Waals surface area contributed by atoms with Gasteiger partial charge < -0.3 is 10.1 Å². The molecule has 1 aromatic heterocycles. The minimum atomic E-state index is -0.821. The molecule has 0 aromatic carbocycles. The first-order valence-corrected chi connectivity index (χ1v) is 3.27. The molecule has 0 saturated carbocycles. The predicted molar refractivity (Wildman–Crippen MR) is 41.3 cm³/mol. The Hall–Kier alpha value is -1.99. The first-order valence-electron chi connectivity index (χ1n) is 3.27. The summed E-state index contributed by atoms with van der Waals surface area (Å²) < 4.78 is 0.882. The standard InChI is InChI=1S/C5H6N4O4/c1-3-4(8(10)11)5(9(12)13)7(2)6-3/h1-2H3. The van der Waals surface area contributed by atoms with E-state index in [4.69, 9.17) is 0 Å². The smallest absolute Gasteiger partial charge is 0.358 e. The quantitative estimate of drug-likeness (QED) is 0.495. The number of nitro groups is 2. The van der Waals surface area contributed by atoms with Crippen LogP contribution in [-0.4, -0.2) is 19.6 Å². The third kappa shape index (κ3) is 1.33. The normalized spacial score (nSPS) is 10.0. The molecule has 0 amide bonds. The molecule has 1 aromatic rings. The van der Waals surface area contributed by atoms with E-state index in [1.54, 1.807) is 0 Å². The van der Waals surface area contributed by atoms with Crippen molar-refractivity contribution in [1.29, 1.82) is 0 Å². The van der Waals surface area contributed by atoms with E-state index in [9.17, 15) is 20.2 Å². The van der Waals surface area contributed by atoms with Gasteiger partial charge in [-0.15, -0.1) is 4.68 Å². The largest absolute Gasteiger partial charge is 0.423 e. The van der Waals surface area contributed by atoms with Gasteiger partial charge in [-0.2, -0.15) is 0 Å². The molecule has 0 aliphatic carbocycles. The van der Waals surface area contributed by atoms with Gasteiger partial charge in [-0.3, -0.25) is 10.1 Å². The van der Waals surface area contributed by atoms with Crippen LogP contribution in [0, 0.1) is 27.2 Å². The fraction of sp³-hybridized carbons (Fsp3) is 0.400. The number of aryl methyl sites for hydroxylation is 2. The Bertz CT molecular complexity index is 348. The van der Waals surface area contributed by atoms with Gasteiger partial charge in [-0.1, -0.05) is 5.10 Å². The SMILES string of the molecule is Cc1nn(C)c([N+](=O)[O-])c1[N+](=O)[O-]. The molecule has 0 radical (unpaired) electrons. The average molecular weight is 186 g/mol. The van der Waals surface area contributed by atoms with Crippen molar-refractivity contribution < 1.29 is 9.85 Å². The summed E-state index contributed by atoms with van der Waals surface area (Å²) in [6.45, 7) is 1.35. The first-order chi connectivity index (χ1) is 5.95. The summed E-state index contributed by atoms with van der Waals surface area (Å²) in [6.07, 6.45) is 0. The molecule has 70 valence electrons. The minimum absolute atomic E-state index is 0.0409. The zero-order chi connectivity index (χ0) is 10.2. The van der Waals surface area contributed by atoms with Crippen LogP contribution < -0.4 is 0 Å².